The van der Waals surface area contributed by atoms with E-state index < -0.39 is 0 Å². The van der Waals surface area contributed by atoms with Crippen molar-refractivity contribution in [2.45, 2.75) is 32.3 Å². The second kappa shape index (κ2) is 5.27. The van der Waals surface area contributed by atoms with E-state index in [2.05, 4.69) is 6.92 Å². The molecule has 0 N–H and O–H groups in total. The fourth-order valence-electron chi connectivity index (χ4n) is 1.19. The smallest absolute Gasteiger partial charge is 0.163 e. The average Bonchev–Trinajstić information content (AvgIpc) is 2.15. The molecule has 1 atom stereocenters. The second-order valence-electron chi connectivity index (χ2n) is 3.00. The van der Waals surface area contributed by atoms with Gasteiger partial charge in [0.15, 0.2) is 5.78 Å². The van der Waals surface area contributed by atoms with E-state index in [4.69, 9.17) is 9.47 Å². The molecule has 0 spiro atoms. The topological polar surface area (TPSA) is 35.5 Å². The third-order valence-corrected chi connectivity index (χ3v) is 1.95. The summed E-state index contributed by atoms with van der Waals surface area (Å²) in [6.07, 6.45) is 2.35. The number of carbonyl (C=O) groups excluding carboxylic acids is 1. The van der Waals surface area contributed by atoms with E-state index in [9.17, 15) is 4.79 Å². The van der Waals surface area contributed by atoms with Gasteiger partial charge in [-0.3, -0.25) is 4.79 Å². The van der Waals surface area contributed by atoms with Gasteiger partial charge in [-0.05, 0) is 6.42 Å². The summed E-state index contributed by atoms with van der Waals surface area (Å²) in [5, 5.41) is 0. The van der Waals surface area contributed by atoms with Crippen molar-refractivity contribution in [3.8, 4) is 0 Å². The number of hydrogen-bond donors (Lipinski definition) is 0. The monoisotopic (exact) mass is 172 g/mol. The van der Waals surface area contributed by atoms with E-state index in [0.717, 1.165) is 12.8 Å². The summed E-state index contributed by atoms with van der Waals surface area (Å²) in [6, 6.07) is 0. The molecule has 1 heterocycles. The second-order valence-corrected chi connectivity index (χ2v) is 3.00. The van der Waals surface area contributed by atoms with E-state index in [1.807, 2.05) is 0 Å². The van der Waals surface area contributed by atoms with Gasteiger partial charge < -0.3 is 9.47 Å². The van der Waals surface area contributed by atoms with Gasteiger partial charge in [-0.1, -0.05) is 13.3 Å². The van der Waals surface area contributed by atoms with E-state index in [1.165, 1.54) is 0 Å². The predicted octanol–water partition coefficient (Wildman–Crippen LogP) is 1.16. The molecule has 1 fully saturated rings. The van der Waals surface area contributed by atoms with Crippen molar-refractivity contribution < 1.29 is 14.3 Å². The fourth-order valence-corrected chi connectivity index (χ4v) is 1.19. The van der Waals surface area contributed by atoms with E-state index in [0.29, 0.717) is 26.2 Å². The van der Waals surface area contributed by atoms with Crippen LogP contribution < -0.4 is 0 Å². The quantitative estimate of drug-likeness (QED) is 0.638. The Morgan fingerprint density at radius 1 is 1.50 bits per heavy atom. The van der Waals surface area contributed by atoms with Crippen molar-refractivity contribution in [2.75, 3.05) is 19.8 Å². The summed E-state index contributed by atoms with van der Waals surface area (Å²) in [5.41, 5.74) is 0. The first-order chi connectivity index (χ1) is 5.84. The molecule has 0 bridgehead atoms. The molecular formula is C9H16O3. The Balaban J connectivity index is 2.20. The molecule has 1 saturated heterocycles. The maximum absolute atomic E-state index is 11.4. The average molecular weight is 172 g/mol. The normalized spacial score (nSPS) is 23.9. The van der Waals surface area contributed by atoms with Crippen LogP contribution in [-0.4, -0.2) is 31.7 Å². The fraction of sp³-hybridized carbons (Fsp3) is 0.889. The van der Waals surface area contributed by atoms with Crippen LogP contribution in [0.3, 0.4) is 0 Å². The lowest BCUT2D eigenvalue weighted by Crippen LogP contribution is -2.35. The van der Waals surface area contributed by atoms with Crippen LogP contribution in [0.15, 0.2) is 0 Å². The lowest BCUT2D eigenvalue weighted by atomic mass is 10.1. The molecule has 0 saturated carbocycles. The minimum Gasteiger partial charge on any atom is -0.376 e. The Bertz CT molecular complexity index is 139. The molecule has 3 heteroatoms. The molecule has 12 heavy (non-hydrogen) atoms. The van der Waals surface area contributed by atoms with Gasteiger partial charge in [-0.25, -0.2) is 0 Å². The van der Waals surface area contributed by atoms with Gasteiger partial charge in [-0.2, -0.15) is 0 Å². The molecule has 1 unspecified atom stereocenters. The summed E-state index contributed by atoms with van der Waals surface area (Å²) in [5.74, 6) is 0.191. The molecular weight excluding hydrogens is 156 g/mol. The number of hydrogen-bond acceptors (Lipinski definition) is 3. The van der Waals surface area contributed by atoms with Gasteiger partial charge in [0.25, 0.3) is 0 Å². The van der Waals surface area contributed by atoms with Crippen LogP contribution in [0.5, 0.6) is 0 Å². The Kier molecular flexibility index (Phi) is 4.25. The highest BCUT2D eigenvalue weighted by Crippen LogP contribution is 2.06. The Hall–Kier alpha value is -0.410. The van der Waals surface area contributed by atoms with Crippen molar-refractivity contribution in [3.63, 3.8) is 0 Å². The van der Waals surface area contributed by atoms with Crippen molar-refractivity contribution in [1.82, 2.24) is 0 Å². The molecule has 0 radical (unpaired) electrons. The molecule has 1 aliphatic heterocycles. The van der Waals surface area contributed by atoms with E-state index >= 15 is 0 Å². The van der Waals surface area contributed by atoms with E-state index in [1.54, 1.807) is 0 Å². The molecule has 1 aliphatic rings. The maximum Gasteiger partial charge on any atom is 0.163 e. The largest absolute Gasteiger partial charge is 0.376 e. The number of carbonyl (C=O) groups is 1. The number of unbranched alkanes of at least 4 members (excludes halogenated alkanes) is 1. The molecule has 70 valence electrons. The van der Waals surface area contributed by atoms with Gasteiger partial charge in [-0.15, -0.1) is 0 Å². The Morgan fingerprint density at radius 3 is 2.92 bits per heavy atom. The summed E-state index contributed by atoms with van der Waals surface area (Å²) >= 11 is 0. The van der Waals surface area contributed by atoms with Crippen LogP contribution in [0, 0.1) is 0 Å². The predicted molar refractivity (Wildman–Crippen MR) is 45.1 cm³/mol. The van der Waals surface area contributed by atoms with Gasteiger partial charge in [0.2, 0.25) is 0 Å². The third kappa shape index (κ3) is 2.91. The molecule has 0 amide bonds. The first-order valence-corrected chi connectivity index (χ1v) is 4.56. The summed E-state index contributed by atoms with van der Waals surface area (Å²) in [4.78, 5) is 11.4. The maximum atomic E-state index is 11.4. The van der Waals surface area contributed by atoms with Crippen molar-refractivity contribution in [2.24, 2.45) is 0 Å². The van der Waals surface area contributed by atoms with E-state index in [-0.39, 0.29) is 11.9 Å². The number of Topliss-reactive ketones (excluding diaryl/α,β-unsaturated/α-hetero) is 1. The molecule has 0 aromatic heterocycles. The Morgan fingerprint density at radius 2 is 2.33 bits per heavy atom. The molecule has 1 rings (SSSR count). The van der Waals surface area contributed by atoms with Crippen molar-refractivity contribution in [1.29, 1.82) is 0 Å². The van der Waals surface area contributed by atoms with Crippen LogP contribution in [-0.2, 0) is 14.3 Å². The van der Waals surface area contributed by atoms with Crippen molar-refractivity contribution >= 4 is 5.78 Å². The zero-order chi connectivity index (χ0) is 8.81. The van der Waals surface area contributed by atoms with Crippen molar-refractivity contribution in [3.05, 3.63) is 0 Å². The van der Waals surface area contributed by atoms with Crippen LogP contribution in [0.25, 0.3) is 0 Å². The van der Waals surface area contributed by atoms with Crippen LogP contribution in [0.1, 0.15) is 26.2 Å². The standard InChI is InChI=1S/C9H16O3/c1-2-3-4-8(10)9-7-11-5-6-12-9/h9H,2-7H2,1H3. The number of ketones is 1. The third-order valence-electron chi connectivity index (χ3n) is 1.95. The lowest BCUT2D eigenvalue weighted by Gasteiger charge is -2.21. The molecule has 0 aromatic rings. The van der Waals surface area contributed by atoms with Crippen LogP contribution in [0.2, 0.25) is 0 Å². The summed E-state index contributed by atoms with van der Waals surface area (Å²) in [6.45, 7) is 3.70. The summed E-state index contributed by atoms with van der Waals surface area (Å²) < 4.78 is 10.4. The van der Waals surface area contributed by atoms with Gasteiger partial charge in [0.1, 0.15) is 6.10 Å². The van der Waals surface area contributed by atoms with Crippen LogP contribution in [0.4, 0.5) is 0 Å². The van der Waals surface area contributed by atoms with Gasteiger partial charge in [0.05, 0.1) is 19.8 Å². The molecule has 0 aliphatic carbocycles. The first kappa shape index (κ1) is 9.68. The highest BCUT2D eigenvalue weighted by molar-refractivity contribution is 5.83. The Labute approximate surface area is 73.0 Å². The van der Waals surface area contributed by atoms with Gasteiger partial charge in [0, 0.05) is 6.42 Å². The molecule has 3 nitrogen and oxygen atoms in total. The minimum atomic E-state index is -0.287. The summed E-state index contributed by atoms with van der Waals surface area (Å²) in [7, 11) is 0. The van der Waals surface area contributed by atoms with Crippen LogP contribution >= 0.6 is 0 Å². The highest BCUT2D eigenvalue weighted by atomic mass is 16.6. The SMILES string of the molecule is CCCCC(=O)C1COCCO1. The zero-order valence-corrected chi connectivity index (χ0v) is 7.54. The lowest BCUT2D eigenvalue weighted by molar-refractivity contribution is -0.145. The molecule has 0 aromatic carbocycles. The zero-order valence-electron chi connectivity index (χ0n) is 7.54. The first-order valence-electron chi connectivity index (χ1n) is 4.56. The number of ether oxygens (including phenoxy) is 2. The highest BCUT2D eigenvalue weighted by Gasteiger charge is 2.21. The minimum absolute atomic E-state index is 0.191. The number of rotatable bonds is 4. The van der Waals surface area contributed by atoms with Gasteiger partial charge >= 0.3 is 0 Å².